The van der Waals surface area contributed by atoms with E-state index in [-0.39, 0.29) is 36.0 Å². The Labute approximate surface area is 154 Å². The van der Waals surface area contributed by atoms with Gasteiger partial charge in [0.1, 0.15) is 17.2 Å². The van der Waals surface area contributed by atoms with Crippen LogP contribution in [0, 0.1) is 0 Å². The molecule has 27 heavy (non-hydrogen) atoms. The molecular weight excluding hydrogens is 361 g/mol. The fourth-order valence-corrected chi connectivity index (χ4v) is 3.54. The first-order valence-corrected chi connectivity index (χ1v) is 9.11. The summed E-state index contributed by atoms with van der Waals surface area (Å²) in [5.74, 6) is 0.658. The van der Waals surface area contributed by atoms with Crippen molar-refractivity contribution < 1.29 is 27.2 Å². The highest BCUT2D eigenvalue weighted by atomic mass is 19.4. The van der Waals surface area contributed by atoms with Crippen molar-refractivity contribution in [2.24, 2.45) is 5.73 Å². The minimum Gasteiger partial charge on any atom is -0.405 e. The number of benzene rings is 1. The lowest BCUT2D eigenvalue weighted by Crippen LogP contribution is -2.18. The third-order valence-corrected chi connectivity index (χ3v) is 5.02. The molecule has 0 bridgehead atoms. The van der Waals surface area contributed by atoms with Crippen molar-refractivity contribution in [3.05, 3.63) is 35.6 Å². The van der Waals surface area contributed by atoms with Gasteiger partial charge in [-0.2, -0.15) is 0 Å². The van der Waals surface area contributed by atoms with Crippen LogP contribution < -0.4 is 10.5 Å². The second-order valence-electron chi connectivity index (χ2n) is 7.20. The smallest absolute Gasteiger partial charge is 0.405 e. The lowest BCUT2D eigenvalue weighted by Gasteiger charge is -2.14. The second-order valence-corrected chi connectivity index (χ2v) is 7.20. The SMILES string of the molecule is N[C@@H]1CC[C@H](OCc2c(-c3ccccc3OC(F)(F)F)noc2C2CC2)C1. The number of nitrogens with two attached hydrogens (primary N) is 1. The van der Waals surface area contributed by atoms with Crippen LogP contribution in [0.4, 0.5) is 13.2 Å². The quantitative estimate of drug-likeness (QED) is 0.796. The fraction of sp³-hybridized carbons (Fsp3) is 0.526. The Kier molecular flexibility index (Phi) is 4.86. The van der Waals surface area contributed by atoms with Gasteiger partial charge in [-0.1, -0.05) is 17.3 Å². The summed E-state index contributed by atoms with van der Waals surface area (Å²) in [5.41, 5.74) is 7.22. The predicted molar refractivity (Wildman–Crippen MR) is 91.0 cm³/mol. The van der Waals surface area contributed by atoms with Crippen molar-refractivity contribution in [2.45, 2.75) is 63.1 Å². The van der Waals surface area contributed by atoms with Gasteiger partial charge >= 0.3 is 6.36 Å². The summed E-state index contributed by atoms with van der Waals surface area (Å²) in [5, 5.41) is 4.07. The Morgan fingerprint density at radius 1 is 1.15 bits per heavy atom. The van der Waals surface area contributed by atoms with Crippen LogP contribution in [0.2, 0.25) is 0 Å². The molecule has 0 amide bonds. The number of aromatic nitrogens is 1. The highest BCUT2D eigenvalue weighted by molar-refractivity contribution is 5.70. The van der Waals surface area contributed by atoms with Gasteiger partial charge in [0.25, 0.3) is 0 Å². The standard InChI is InChI=1S/C19H21F3N2O3/c20-19(21,22)26-16-4-2-1-3-14(16)17-15(18(27-24-17)11-5-6-11)10-25-13-8-7-12(23)9-13/h1-4,11-13H,5-10,23H2/t12-,13+/m1/s1. The van der Waals surface area contributed by atoms with E-state index in [1.165, 1.54) is 12.1 Å². The molecule has 2 aliphatic rings. The molecule has 2 fully saturated rings. The number of nitrogens with zero attached hydrogens (tertiary/aromatic N) is 1. The topological polar surface area (TPSA) is 70.5 Å². The molecule has 1 aromatic carbocycles. The number of halogens is 3. The van der Waals surface area contributed by atoms with Crippen LogP contribution in [0.1, 0.15) is 49.3 Å². The molecule has 0 radical (unpaired) electrons. The zero-order chi connectivity index (χ0) is 19.0. The van der Waals surface area contributed by atoms with Crippen molar-refractivity contribution in [3.8, 4) is 17.0 Å². The maximum atomic E-state index is 12.8. The van der Waals surface area contributed by atoms with Crippen molar-refractivity contribution in [3.63, 3.8) is 0 Å². The van der Waals surface area contributed by atoms with Gasteiger partial charge in [-0.05, 0) is 44.2 Å². The molecule has 0 spiro atoms. The minimum absolute atomic E-state index is 0.0523. The Hall–Kier alpha value is -2.06. The van der Waals surface area contributed by atoms with Gasteiger partial charge in [0.15, 0.2) is 0 Å². The highest BCUT2D eigenvalue weighted by Gasteiger charge is 2.36. The average molecular weight is 382 g/mol. The number of para-hydroxylation sites is 1. The van der Waals surface area contributed by atoms with Gasteiger partial charge in [0, 0.05) is 23.1 Å². The first kappa shape index (κ1) is 18.3. The van der Waals surface area contributed by atoms with Crippen LogP contribution in [0.3, 0.4) is 0 Å². The van der Waals surface area contributed by atoms with Gasteiger partial charge in [0.2, 0.25) is 0 Å². The van der Waals surface area contributed by atoms with E-state index in [0.717, 1.165) is 32.1 Å². The van der Waals surface area contributed by atoms with Crippen LogP contribution in [0.5, 0.6) is 5.75 Å². The number of ether oxygens (including phenoxy) is 2. The molecular formula is C19H21F3N2O3. The van der Waals surface area contributed by atoms with E-state index in [2.05, 4.69) is 9.89 Å². The minimum atomic E-state index is -4.78. The summed E-state index contributed by atoms with van der Waals surface area (Å²) in [4.78, 5) is 0. The molecule has 0 unspecified atom stereocenters. The Morgan fingerprint density at radius 3 is 2.59 bits per heavy atom. The number of rotatable bonds is 6. The summed E-state index contributed by atoms with van der Waals surface area (Å²) in [6.07, 6.45) is -0.180. The van der Waals surface area contributed by atoms with Crippen LogP contribution in [0.25, 0.3) is 11.3 Å². The van der Waals surface area contributed by atoms with Crippen LogP contribution in [0.15, 0.2) is 28.8 Å². The molecule has 2 saturated carbocycles. The zero-order valence-electron chi connectivity index (χ0n) is 14.7. The maximum Gasteiger partial charge on any atom is 0.573 e. The first-order valence-electron chi connectivity index (χ1n) is 9.11. The normalized spacial score (nSPS) is 23.0. The second kappa shape index (κ2) is 7.16. The third-order valence-electron chi connectivity index (χ3n) is 5.02. The summed E-state index contributed by atoms with van der Waals surface area (Å²) < 4.78 is 54.0. The molecule has 0 aliphatic heterocycles. The van der Waals surface area contributed by atoms with Gasteiger partial charge in [-0.15, -0.1) is 13.2 Å². The van der Waals surface area contributed by atoms with Crippen LogP contribution >= 0.6 is 0 Å². The van der Waals surface area contributed by atoms with E-state index < -0.39 is 6.36 Å². The van der Waals surface area contributed by atoms with Crippen molar-refractivity contribution in [1.82, 2.24) is 5.16 Å². The molecule has 5 nitrogen and oxygen atoms in total. The molecule has 4 rings (SSSR count). The third kappa shape index (κ3) is 4.27. The predicted octanol–water partition coefficient (Wildman–Crippen LogP) is 4.51. The summed E-state index contributed by atoms with van der Waals surface area (Å²) in [6, 6.07) is 6.09. The largest absolute Gasteiger partial charge is 0.573 e. The van der Waals surface area contributed by atoms with Gasteiger partial charge < -0.3 is 19.7 Å². The van der Waals surface area contributed by atoms with E-state index in [1.807, 2.05) is 0 Å². The summed E-state index contributed by atoms with van der Waals surface area (Å²) >= 11 is 0. The molecule has 2 aliphatic carbocycles. The number of alkyl halides is 3. The average Bonchev–Trinajstić information content (AvgIpc) is 3.23. The zero-order valence-corrected chi connectivity index (χ0v) is 14.7. The van der Waals surface area contributed by atoms with E-state index in [4.69, 9.17) is 15.0 Å². The van der Waals surface area contributed by atoms with Crippen LogP contribution in [-0.2, 0) is 11.3 Å². The van der Waals surface area contributed by atoms with E-state index in [9.17, 15) is 13.2 Å². The number of hydrogen-bond donors (Lipinski definition) is 1. The molecule has 1 aromatic heterocycles. The molecule has 2 N–H and O–H groups in total. The van der Waals surface area contributed by atoms with E-state index in [0.29, 0.717) is 17.0 Å². The van der Waals surface area contributed by atoms with E-state index in [1.54, 1.807) is 12.1 Å². The Morgan fingerprint density at radius 2 is 1.93 bits per heavy atom. The number of hydrogen-bond acceptors (Lipinski definition) is 5. The van der Waals surface area contributed by atoms with E-state index >= 15 is 0 Å². The summed E-state index contributed by atoms with van der Waals surface area (Å²) in [7, 11) is 0. The lowest BCUT2D eigenvalue weighted by molar-refractivity contribution is -0.274. The summed E-state index contributed by atoms with van der Waals surface area (Å²) in [6.45, 7) is 0.238. The molecule has 146 valence electrons. The molecule has 0 saturated heterocycles. The molecule has 2 aromatic rings. The van der Waals surface area contributed by atoms with Crippen molar-refractivity contribution in [1.29, 1.82) is 0 Å². The monoisotopic (exact) mass is 382 g/mol. The van der Waals surface area contributed by atoms with Gasteiger partial charge in [0.05, 0.1) is 12.7 Å². The van der Waals surface area contributed by atoms with Crippen molar-refractivity contribution in [2.75, 3.05) is 0 Å². The Balaban J connectivity index is 1.63. The molecule has 8 heteroatoms. The molecule has 1 heterocycles. The van der Waals surface area contributed by atoms with Crippen molar-refractivity contribution >= 4 is 0 Å². The molecule has 2 atom stereocenters. The lowest BCUT2D eigenvalue weighted by atomic mass is 10.0. The van der Waals surface area contributed by atoms with Gasteiger partial charge in [-0.25, -0.2) is 0 Å². The Bertz CT molecular complexity index is 802. The van der Waals surface area contributed by atoms with Crippen LogP contribution in [-0.4, -0.2) is 23.7 Å². The maximum absolute atomic E-state index is 12.8. The van der Waals surface area contributed by atoms with Gasteiger partial charge in [-0.3, -0.25) is 0 Å². The fourth-order valence-electron chi connectivity index (χ4n) is 3.54. The first-order chi connectivity index (χ1) is 12.9. The highest BCUT2D eigenvalue weighted by Crippen LogP contribution is 2.45.